The van der Waals surface area contributed by atoms with Crippen LogP contribution in [0, 0.1) is 0 Å². The minimum Gasteiger partial charge on any atom is -0.345 e. The third-order valence-corrected chi connectivity index (χ3v) is 3.06. The van der Waals surface area contributed by atoms with E-state index in [-0.39, 0.29) is 8.85 Å². The van der Waals surface area contributed by atoms with Crippen molar-refractivity contribution in [1.29, 1.82) is 0 Å². The van der Waals surface area contributed by atoms with Crippen molar-refractivity contribution in [2.45, 2.75) is 53.4 Å². The van der Waals surface area contributed by atoms with E-state index < -0.39 is 0 Å². The number of H-pyrrole nitrogens is 1. The van der Waals surface area contributed by atoms with Crippen LogP contribution >= 0.6 is 0 Å². The lowest BCUT2D eigenvalue weighted by atomic mass is 10.0. The zero-order valence-corrected chi connectivity index (χ0v) is 9.22. The molecule has 2 nitrogen and oxygen atoms in total. The number of hydrogen-bond acceptors (Lipinski definition) is 1. The fourth-order valence-electron chi connectivity index (χ4n) is 1.81. The Morgan fingerprint density at radius 1 is 1.53 bits per heavy atom. The first-order valence-electron chi connectivity index (χ1n) is 5.46. The topological polar surface area (TPSA) is 28.7 Å². The summed E-state index contributed by atoms with van der Waals surface area (Å²) in [6.07, 6.45) is 5.66. The van der Waals surface area contributed by atoms with Crippen LogP contribution < -0.4 is 0 Å². The molecule has 0 spiro atoms. The minimum absolute atomic E-state index is 0. The molecule has 2 heteroatoms. The molecule has 0 radical (unpaired) electrons. The van der Waals surface area contributed by atoms with Gasteiger partial charge in [-0.1, -0.05) is 26.8 Å². The van der Waals surface area contributed by atoms with Crippen molar-refractivity contribution in [3.63, 3.8) is 0 Å². The first-order valence-corrected chi connectivity index (χ1v) is 5.46. The van der Waals surface area contributed by atoms with E-state index in [4.69, 9.17) is 0 Å². The zero-order chi connectivity index (χ0) is 10.1. The average molecular weight is 208 g/mol. The smallest absolute Gasteiger partial charge is 0.109 e. The van der Waals surface area contributed by atoms with E-state index in [0.717, 1.165) is 18.7 Å². The van der Waals surface area contributed by atoms with Gasteiger partial charge >= 0.3 is 0 Å². The summed E-state index contributed by atoms with van der Waals surface area (Å²) >= 11 is 0. The molecular formula is C13H24N2. The summed E-state index contributed by atoms with van der Waals surface area (Å²) in [5, 5.41) is 0. The summed E-state index contributed by atoms with van der Waals surface area (Å²) < 4.78 is 0. The Morgan fingerprint density at radius 3 is 2.93 bits per heavy atom. The molecule has 1 aromatic heterocycles. The van der Waals surface area contributed by atoms with Gasteiger partial charge in [0.1, 0.15) is 5.82 Å². The summed E-state index contributed by atoms with van der Waals surface area (Å²) in [7, 11) is 0. The first-order chi connectivity index (χ1) is 6.70. The number of imidazole rings is 1. The predicted octanol–water partition coefficient (Wildman–Crippen LogP) is 4.15. The van der Waals surface area contributed by atoms with Crippen molar-refractivity contribution >= 4 is 6.08 Å². The van der Waals surface area contributed by atoms with Crippen LogP contribution in [0.15, 0.2) is 5.57 Å². The third-order valence-electron chi connectivity index (χ3n) is 3.06. The minimum atomic E-state index is 0. The van der Waals surface area contributed by atoms with E-state index in [9.17, 15) is 0 Å². The number of hydrogen-bond donors (Lipinski definition) is 1. The fourth-order valence-corrected chi connectivity index (χ4v) is 1.81. The molecule has 0 aliphatic heterocycles. The van der Waals surface area contributed by atoms with Crippen molar-refractivity contribution in [1.82, 2.24) is 9.97 Å². The Bertz CT molecular complexity index is 366. The summed E-state index contributed by atoms with van der Waals surface area (Å²) in [5.74, 6) is 1.71. The van der Waals surface area contributed by atoms with Gasteiger partial charge in [0.15, 0.2) is 0 Å². The second-order valence-electron chi connectivity index (χ2n) is 4.29. The van der Waals surface area contributed by atoms with Crippen LogP contribution in [-0.2, 0) is 6.42 Å². The quantitative estimate of drug-likeness (QED) is 0.777. The lowest BCUT2D eigenvalue weighted by molar-refractivity contribution is 0.686. The van der Waals surface area contributed by atoms with Crippen molar-refractivity contribution in [2.75, 3.05) is 0 Å². The highest BCUT2D eigenvalue weighted by Gasteiger charge is 2.15. The summed E-state index contributed by atoms with van der Waals surface area (Å²) in [6.45, 7) is 6.61. The first kappa shape index (κ1) is 12.0. The van der Waals surface area contributed by atoms with E-state index >= 15 is 0 Å². The van der Waals surface area contributed by atoms with E-state index in [2.05, 4.69) is 36.8 Å². The van der Waals surface area contributed by atoms with Crippen LogP contribution in [0.5, 0.6) is 0 Å². The van der Waals surface area contributed by atoms with Gasteiger partial charge in [-0.2, -0.15) is 0 Å². The van der Waals surface area contributed by atoms with Gasteiger partial charge in [-0.15, -0.1) is 0 Å². The van der Waals surface area contributed by atoms with Gasteiger partial charge in [0.25, 0.3) is 0 Å². The van der Waals surface area contributed by atoms with Gasteiger partial charge < -0.3 is 4.98 Å². The van der Waals surface area contributed by atoms with E-state index in [1.807, 2.05) is 0 Å². The molecule has 2 rings (SSSR count). The highest BCUT2D eigenvalue weighted by Crippen LogP contribution is 2.24. The van der Waals surface area contributed by atoms with Gasteiger partial charge in [0, 0.05) is 13.0 Å². The molecule has 1 aliphatic carbocycles. The maximum absolute atomic E-state index is 4.64. The Morgan fingerprint density at radius 2 is 2.27 bits per heavy atom. The number of nitrogens with one attached hydrogen (secondary N) is 1. The molecule has 1 aliphatic rings. The van der Waals surface area contributed by atoms with Crippen LogP contribution in [-0.4, -0.2) is 9.97 Å². The standard InChI is InChI=1S/C12H18N2.CH4.H2/c1-4-9(3)12-13-10-6-5-8(2)7-11(10)14-12;;/h7,9H,4-6H2,1-3H3,(H,13,14);1H4;1H. The second kappa shape index (κ2) is 4.65. The normalized spacial score (nSPS) is 16.3. The van der Waals surface area contributed by atoms with Gasteiger partial charge in [0.2, 0.25) is 0 Å². The number of nitrogens with zero attached hydrogens (tertiary/aromatic N) is 1. The molecule has 1 unspecified atom stereocenters. The Balaban J connectivity index is 0.00000112. The van der Waals surface area contributed by atoms with Gasteiger partial charge in [0.05, 0.1) is 5.69 Å². The number of aromatic nitrogens is 2. The lowest BCUT2D eigenvalue weighted by Gasteiger charge is -2.06. The molecule has 0 saturated heterocycles. The maximum Gasteiger partial charge on any atom is 0.109 e. The third kappa shape index (κ3) is 2.31. The Hall–Kier alpha value is -1.05. The van der Waals surface area contributed by atoms with Crippen LogP contribution in [0.25, 0.3) is 6.08 Å². The lowest BCUT2D eigenvalue weighted by Crippen LogP contribution is -1.96. The molecule has 1 N–H and O–H groups in total. The van der Waals surface area contributed by atoms with Crippen molar-refractivity contribution in [3.05, 3.63) is 22.8 Å². The molecule has 15 heavy (non-hydrogen) atoms. The fraction of sp³-hybridized carbons (Fsp3) is 0.615. The highest BCUT2D eigenvalue weighted by atomic mass is 14.9. The predicted molar refractivity (Wildman–Crippen MR) is 68.1 cm³/mol. The monoisotopic (exact) mass is 208 g/mol. The number of aromatic amines is 1. The number of rotatable bonds is 2. The molecule has 86 valence electrons. The average Bonchev–Trinajstić information content (AvgIpc) is 2.59. The maximum atomic E-state index is 4.64. The second-order valence-corrected chi connectivity index (χ2v) is 4.29. The van der Waals surface area contributed by atoms with Crippen molar-refractivity contribution in [3.8, 4) is 0 Å². The van der Waals surface area contributed by atoms with Crippen LogP contribution in [0.1, 0.15) is 65.6 Å². The largest absolute Gasteiger partial charge is 0.345 e. The number of allylic oxidation sites excluding steroid dienone is 1. The molecule has 0 fully saturated rings. The molecule has 0 aromatic carbocycles. The Labute approximate surface area is 94.3 Å². The molecule has 0 bridgehead atoms. The van der Waals surface area contributed by atoms with Crippen LogP contribution in [0.3, 0.4) is 0 Å². The number of aryl methyl sites for hydroxylation is 1. The van der Waals surface area contributed by atoms with Crippen molar-refractivity contribution in [2.24, 2.45) is 0 Å². The molecule has 0 saturated carbocycles. The highest BCUT2D eigenvalue weighted by molar-refractivity contribution is 5.54. The van der Waals surface area contributed by atoms with E-state index in [1.54, 1.807) is 0 Å². The van der Waals surface area contributed by atoms with Crippen LogP contribution in [0.2, 0.25) is 0 Å². The van der Waals surface area contributed by atoms with Crippen LogP contribution in [0.4, 0.5) is 0 Å². The molecule has 1 heterocycles. The summed E-state index contributed by atoms with van der Waals surface area (Å²) in [5.41, 5.74) is 3.94. The molecular weight excluding hydrogens is 184 g/mol. The van der Waals surface area contributed by atoms with Gasteiger partial charge in [-0.25, -0.2) is 4.98 Å². The van der Waals surface area contributed by atoms with E-state index in [0.29, 0.717) is 5.92 Å². The molecule has 1 atom stereocenters. The summed E-state index contributed by atoms with van der Waals surface area (Å²) in [4.78, 5) is 8.09. The van der Waals surface area contributed by atoms with Gasteiger partial charge in [-0.3, -0.25) is 0 Å². The molecule has 1 aromatic rings. The molecule has 0 amide bonds. The summed E-state index contributed by atoms with van der Waals surface area (Å²) in [6, 6.07) is 0. The number of fused-ring (bicyclic) bond motifs is 1. The Kier molecular flexibility index (Phi) is 3.72. The van der Waals surface area contributed by atoms with Gasteiger partial charge in [-0.05, 0) is 32.3 Å². The SMILES string of the molecule is C.CCC(C)c1nc2c([nH]1)CCC(C)=C2.[HH]. The zero-order valence-electron chi connectivity index (χ0n) is 9.22. The van der Waals surface area contributed by atoms with Crippen molar-refractivity contribution < 1.29 is 1.43 Å². The van der Waals surface area contributed by atoms with E-state index in [1.165, 1.54) is 23.4 Å².